The molecule has 0 radical (unpaired) electrons. The number of aromatic nitrogens is 3. The molecule has 2 fully saturated rings. The van der Waals surface area contributed by atoms with E-state index in [1.165, 1.54) is 0 Å². The molecule has 3 N–H and O–H groups in total. The lowest BCUT2D eigenvalue weighted by Crippen LogP contribution is -2.51. The topological polar surface area (TPSA) is 121 Å². The minimum absolute atomic E-state index is 0.0996. The molecule has 2 aromatic heterocycles. The van der Waals surface area contributed by atoms with Crippen LogP contribution in [0.5, 0.6) is 0 Å². The average Bonchev–Trinajstić information content (AvgIpc) is 3.48. The van der Waals surface area contributed by atoms with E-state index in [0.29, 0.717) is 16.9 Å². The number of rotatable bonds is 4. The molecule has 2 aliphatic rings. The number of hydrogen-bond acceptors (Lipinski definition) is 6. The Morgan fingerprint density at radius 1 is 1.25 bits per heavy atom. The van der Waals surface area contributed by atoms with Crippen molar-refractivity contribution in [2.45, 2.75) is 18.3 Å². The van der Waals surface area contributed by atoms with Crippen molar-refractivity contribution in [1.29, 1.82) is 0 Å². The molecule has 10 heteroatoms. The predicted octanol–water partition coefficient (Wildman–Crippen LogP) is 1.01. The van der Waals surface area contributed by atoms with Crippen molar-refractivity contribution in [2.24, 2.45) is 0 Å². The van der Waals surface area contributed by atoms with Crippen LogP contribution in [0.25, 0.3) is 5.65 Å². The molecule has 2 aliphatic heterocycles. The first-order valence-corrected chi connectivity index (χ1v) is 10.5. The molecule has 1 aromatic carbocycles. The quantitative estimate of drug-likeness (QED) is 0.565. The highest BCUT2D eigenvalue weighted by Crippen LogP contribution is 2.34. The summed E-state index contributed by atoms with van der Waals surface area (Å²) >= 11 is 0. The van der Waals surface area contributed by atoms with Gasteiger partial charge in [-0.2, -0.15) is 5.10 Å². The minimum atomic E-state index is -0.569. The summed E-state index contributed by atoms with van der Waals surface area (Å²) < 4.78 is 1.67. The lowest BCUT2D eigenvalue weighted by molar-refractivity contribution is -0.122. The maximum absolute atomic E-state index is 12.4. The SMILES string of the molecule is CNC(=O)c1cccc(C2CCN(c3cc(C4CNC(=O)NC4=O)nn4ccnc34)C2)c1. The van der Waals surface area contributed by atoms with Gasteiger partial charge < -0.3 is 15.5 Å². The fourth-order valence-electron chi connectivity index (χ4n) is 4.42. The van der Waals surface area contributed by atoms with Gasteiger partial charge in [-0.25, -0.2) is 14.3 Å². The predicted molar refractivity (Wildman–Crippen MR) is 117 cm³/mol. The van der Waals surface area contributed by atoms with E-state index in [1.54, 1.807) is 24.0 Å². The highest BCUT2D eigenvalue weighted by atomic mass is 16.2. The first-order chi connectivity index (χ1) is 15.5. The van der Waals surface area contributed by atoms with Gasteiger partial charge in [-0.1, -0.05) is 12.1 Å². The van der Waals surface area contributed by atoms with Gasteiger partial charge in [-0.3, -0.25) is 14.9 Å². The smallest absolute Gasteiger partial charge is 0.321 e. The minimum Gasteiger partial charge on any atom is -0.368 e. The van der Waals surface area contributed by atoms with Gasteiger partial charge in [0.1, 0.15) is 0 Å². The molecule has 32 heavy (non-hydrogen) atoms. The Labute approximate surface area is 184 Å². The number of anilines is 1. The molecule has 0 bridgehead atoms. The third-order valence-corrected chi connectivity index (χ3v) is 6.11. The Balaban J connectivity index is 1.44. The number of hydrogen-bond donors (Lipinski definition) is 3. The summed E-state index contributed by atoms with van der Waals surface area (Å²) in [5, 5.41) is 12.2. The molecule has 4 heterocycles. The lowest BCUT2D eigenvalue weighted by atomic mass is 9.96. The Hall–Kier alpha value is -3.95. The summed E-state index contributed by atoms with van der Waals surface area (Å²) in [4.78, 5) is 42.5. The van der Waals surface area contributed by atoms with Gasteiger partial charge in [0.2, 0.25) is 5.91 Å². The molecule has 0 aliphatic carbocycles. The highest BCUT2D eigenvalue weighted by Gasteiger charge is 2.32. The maximum atomic E-state index is 12.4. The number of amides is 4. The second-order valence-corrected chi connectivity index (χ2v) is 8.04. The number of carbonyl (C=O) groups is 3. The van der Waals surface area contributed by atoms with E-state index in [-0.39, 0.29) is 24.3 Å². The lowest BCUT2D eigenvalue weighted by Gasteiger charge is -2.24. The monoisotopic (exact) mass is 433 g/mol. The van der Waals surface area contributed by atoms with Crippen LogP contribution in [0.3, 0.4) is 0 Å². The summed E-state index contributed by atoms with van der Waals surface area (Å²) in [6.45, 7) is 1.78. The molecule has 0 spiro atoms. The second-order valence-electron chi connectivity index (χ2n) is 8.04. The molecule has 2 unspecified atom stereocenters. The zero-order chi connectivity index (χ0) is 22.2. The van der Waals surface area contributed by atoms with Gasteiger partial charge in [-0.15, -0.1) is 0 Å². The van der Waals surface area contributed by atoms with Crippen LogP contribution in [0.4, 0.5) is 10.5 Å². The van der Waals surface area contributed by atoms with Crippen molar-refractivity contribution in [3.05, 3.63) is 59.5 Å². The fourth-order valence-corrected chi connectivity index (χ4v) is 4.42. The molecular formula is C22H23N7O3. The first kappa shape index (κ1) is 20.0. The van der Waals surface area contributed by atoms with Gasteiger partial charge in [0.05, 0.1) is 17.3 Å². The van der Waals surface area contributed by atoms with Crippen LogP contribution >= 0.6 is 0 Å². The van der Waals surface area contributed by atoms with Crippen LogP contribution in [0, 0.1) is 0 Å². The number of benzene rings is 1. The number of carbonyl (C=O) groups excluding carboxylic acids is 3. The molecule has 5 rings (SSSR count). The Morgan fingerprint density at radius 2 is 2.12 bits per heavy atom. The Bertz CT molecular complexity index is 1220. The second kappa shape index (κ2) is 7.95. The highest BCUT2D eigenvalue weighted by molar-refractivity contribution is 6.00. The van der Waals surface area contributed by atoms with E-state index in [0.717, 1.165) is 30.8 Å². The van der Waals surface area contributed by atoms with E-state index in [4.69, 9.17) is 0 Å². The maximum Gasteiger partial charge on any atom is 0.321 e. The van der Waals surface area contributed by atoms with Crippen molar-refractivity contribution in [2.75, 3.05) is 31.6 Å². The molecule has 2 saturated heterocycles. The van der Waals surface area contributed by atoms with Crippen molar-refractivity contribution in [3.8, 4) is 0 Å². The number of imide groups is 1. The summed E-state index contributed by atoms with van der Waals surface area (Å²) in [6.07, 6.45) is 4.36. The van der Waals surface area contributed by atoms with Crippen molar-refractivity contribution in [1.82, 2.24) is 30.5 Å². The third kappa shape index (κ3) is 3.53. The van der Waals surface area contributed by atoms with Crippen molar-refractivity contribution < 1.29 is 14.4 Å². The molecule has 3 aromatic rings. The van der Waals surface area contributed by atoms with Gasteiger partial charge >= 0.3 is 6.03 Å². The Kier molecular flexibility index (Phi) is 4.96. The van der Waals surface area contributed by atoms with E-state index in [9.17, 15) is 14.4 Å². The van der Waals surface area contributed by atoms with Gasteiger partial charge in [-0.05, 0) is 30.2 Å². The zero-order valence-electron chi connectivity index (χ0n) is 17.5. The number of urea groups is 1. The molecule has 4 amide bonds. The number of nitrogens with one attached hydrogen (secondary N) is 3. The first-order valence-electron chi connectivity index (χ1n) is 10.5. The molecule has 2 atom stereocenters. The van der Waals surface area contributed by atoms with Gasteiger partial charge in [0, 0.05) is 50.6 Å². The zero-order valence-corrected chi connectivity index (χ0v) is 17.5. The molecule has 0 saturated carbocycles. The fraction of sp³-hybridized carbons (Fsp3) is 0.318. The van der Waals surface area contributed by atoms with Crippen molar-refractivity contribution >= 4 is 29.2 Å². The van der Waals surface area contributed by atoms with E-state index >= 15 is 0 Å². The van der Waals surface area contributed by atoms with Crippen LogP contribution in [-0.4, -0.2) is 59.1 Å². The van der Waals surface area contributed by atoms with Crippen LogP contribution in [0.2, 0.25) is 0 Å². The van der Waals surface area contributed by atoms with Gasteiger partial charge in [0.15, 0.2) is 5.65 Å². The summed E-state index contributed by atoms with van der Waals surface area (Å²) in [6, 6.07) is 9.14. The van der Waals surface area contributed by atoms with E-state index in [2.05, 4.69) is 37.0 Å². The van der Waals surface area contributed by atoms with Crippen LogP contribution in [0.15, 0.2) is 42.7 Å². The number of nitrogens with zero attached hydrogens (tertiary/aromatic N) is 4. The number of fused-ring (bicyclic) bond motifs is 1. The largest absolute Gasteiger partial charge is 0.368 e. The summed E-state index contributed by atoms with van der Waals surface area (Å²) in [7, 11) is 1.63. The van der Waals surface area contributed by atoms with Crippen molar-refractivity contribution in [3.63, 3.8) is 0 Å². The number of imidazole rings is 1. The molecular weight excluding hydrogens is 410 g/mol. The summed E-state index contributed by atoms with van der Waals surface area (Å²) in [5.74, 6) is -0.765. The normalized spacial score (nSPS) is 20.8. The standard InChI is InChI=1S/C22H23N7O3/c1-23-20(30)14-4-2-3-13(9-14)15-5-7-28(12-15)18-10-17(27-29-8-6-24-19(18)29)16-11-25-22(32)26-21(16)31/h2-4,6,8-10,15-16H,5,7,11-12H2,1H3,(H,23,30)(H2,25,26,31,32). The third-order valence-electron chi connectivity index (χ3n) is 6.11. The van der Waals surface area contributed by atoms with E-state index in [1.807, 2.05) is 24.3 Å². The molecule has 164 valence electrons. The summed E-state index contributed by atoms with van der Waals surface area (Å²) in [5.41, 5.74) is 3.96. The van der Waals surface area contributed by atoms with Gasteiger partial charge in [0.25, 0.3) is 5.91 Å². The van der Waals surface area contributed by atoms with Crippen LogP contribution in [-0.2, 0) is 4.79 Å². The van der Waals surface area contributed by atoms with E-state index < -0.39 is 11.9 Å². The van der Waals surface area contributed by atoms with Crippen LogP contribution in [0.1, 0.15) is 39.9 Å². The average molecular weight is 433 g/mol. The molecule has 10 nitrogen and oxygen atoms in total. The van der Waals surface area contributed by atoms with Crippen LogP contribution < -0.4 is 20.9 Å². The Morgan fingerprint density at radius 3 is 2.94 bits per heavy atom.